The van der Waals surface area contributed by atoms with Crippen molar-refractivity contribution in [1.82, 2.24) is 19.6 Å². The maximum absolute atomic E-state index is 13.0. The van der Waals surface area contributed by atoms with Crippen LogP contribution in [0.3, 0.4) is 0 Å². The SMILES string of the molecule is O=C(NCCN1CCOCC1)c1cc(-c2csc(Cc3ccccc3)n2)n2ccccc12. The normalized spacial score (nSPS) is 14.6. The molecule has 0 aliphatic carbocycles. The molecule has 3 aromatic heterocycles. The minimum Gasteiger partial charge on any atom is -0.379 e. The Balaban J connectivity index is 1.34. The van der Waals surface area contributed by atoms with Crippen LogP contribution in [-0.2, 0) is 11.2 Å². The molecular formula is C25H26N4O2S. The molecule has 0 radical (unpaired) electrons. The monoisotopic (exact) mass is 446 g/mol. The molecule has 1 saturated heterocycles. The van der Waals surface area contributed by atoms with Gasteiger partial charge in [-0.05, 0) is 23.8 Å². The van der Waals surface area contributed by atoms with Crippen LogP contribution < -0.4 is 5.32 Å². The van der Waals surface area contributed by atoms with E-state index in [4.69, 9.17) is 9.72 Å². The van der Waals surface area contributed by atoms with Gasteiger partial charge in [0.1, 0.15) is 0 Å². The van der Waals surface area contributed by atoms with E-state index in [1.165, 1.54) is 5.56 Å². The fourth-order valence-corrected chi connectivity index (χ4v) is 4.88. The van der Waals surface area contributed by atoms with E-state index in [1.807, 2.05) is 48.7 Å². The highest BCUT2D eigenvalue weighted by atomic mass is 32.1. The Morgan fingerprint density at radius 3 is 2.75 bits per heavy atom. The second kappa shape index (κ2) is 9.65. The first-order chi connectivity index (χ1) is 15.8. The van der Waals surface area contributed by atoms with Gasteiger partial charge >= 0.3 is 0 Å². The summed E-state index contributed by atoms with van der Waals surface area (Å²) in [5.74, 6) is -0.0482. The van der Waals surface area contributed by atoms with E-state index >= 15 is 0 Å². The zero-order valence-electron chi connectivity index (χ0n) is 17.9. The van der Waals surface area contributed by atoms with Crippen molar-refractivity contribution in [2.24, 2.45) is 0 Å². The number of nitrogens with zero attached hydrogens (tertiary/aromatic N) is 3. The molecule has 1 fully saturated rings. The second-order valence-electron chi connectivity index (χ2n) is 7.90. The molecule has 0 saturated carbocycles. The molecule has 7 heteroatoms. The lowest BCUT2D eigenvalue weighted by Gasteiger charge is -2.26. The quantitative estimate of drug-likeness (QED) is 0.470. The summed E-state index contributed by atoms with van der Waals surface area (Å²) < 4.78 is 7.44. The predicted octanol–water partition coefficient (Wildman–Crippen LogP) is 3.72. The van der Waals surface area contributed by atoms with E-state index in [-0.39, 0.29) is 5.91 Å². The van der Waals surface area contributed by atoms with E-state index in [9.17, 15) is 4.79 Å². The number of benzene rings is 1. The van der Waals surface area contributed by atoms with Crippen molar-refractivity contribution in [3.63, 3.8) is 0 Å². The molecule has 6 nitrogen and oxygen atoms in total. The minimum absolute atomic E-state index is 0.0482. The van der Waals surface area contributed by atoms with E-state index in [0.717, 1.165) is 61.2 Å². The number of thiazole rings is 1. The minimum atomic E-state index is -0.0482. The number of amides is 1. The number of carbonyl (C=O) groups is 1. The molecule has 4 aromatic rings. The lowest BCUT2D eigenvalue weighted by Crippen LogP contribution is -2.41. The third-order valence-electron chi connectivity index (χ3n) is 5.75. The number of fused-ring (bicyclic) bond motifs is 1. The first-order valence-corrected chi connectivity index (χ1v) is 11.8. The zero-order chi connectivity index (χ0) is 21.8. The van der Waals surface area contributed by atoms with Gasteiger partial charge in [0.05, 0.1) is 40.7 Å². The van der Waals surface area contributed by atoms with E-state index in [2.05, 4.69) is 32.1 Å². The molecule has 1 N–H and O–H groups in total. The zero-order valence-corrected chi connectivity index (χ0v) is 18.7. The highest BCUT2D eigenvalue weighted by Gasteiger charge is 2.18. The van der Waals surface area contributed by atoms with Gasteiger partial charge in [-0.25, -0.2) is 4.98 Å². The molecule has 164 valence electrons. The lowest BCUT2D eigenvalue weighted by atomic mass is 10.2. The number of hydrogen-bond acceptors (Lipinski definition) is 5. The van der Waals surface area contributed by atoms with Gasteiger partial charge in [0.2, 0.25) is 0 Å². The van der Waals surface area contributed by atoms with Crippen molar-refractivity contribution < 1.29 is 9.53 Å². The Morgan fingerprint density at radius 1 is 1.09 bits per heavy atom. The molecule has 0 atom stereocenters. The van der Waals surface area contributed by atoms with E-state index in [1.54, 1.807) is 11.3 Å². The van der Waals surface area contributed by atoms with Crippen LogP contribution in [0.25, 0.3) is 16.9 Å². The van der Waals surface area contributed by atoms with Crippen LogP contribution in [0.2, 0.25) is 0 Å². The van der Waals surface area contributed by atoms with E-state index in [0.29, 0.717) is 12.1 Å². The van der Waals surface area contributed by atoms with Crippen LogP contribution in [0.15, 0.2) is 66.2 Å². The fraction of sp³-hybridized carbons (Fsp3) is 0.280. The van der Waals surface area contributed by atoms with Crippen molar-refractivity contribution in [3.05, 3.63) is 82.3 Å². The van der Waals surface area contributed by atoms with Gasteiger partial charge in [0.15, 0.2) is 0 Å². The standard InChI is InChI=1S/C25H26N4O2S/c30-25(26-9-11-28-12-14-31-15-13-28)20-17-23(29-10-5-4-8-22(20)29)21-18-32-24(27-21)16-19-6-2-1-3-7-19/h1-8,10,17-18H,9,11-16H2,(H,26,30). The summed E-state index contributed by atoms with van der Waals surface area (Å²) in [7, 11) is 0. The van der Waals surface area contributed by atoms with Crippen molar-refractivity contribution >= 4 is 22.8 Å². The molecule has 4 heterocycles. The molecule has 32 heavy (non-hydrogen) atoms. The summed E-state index contributed by atoms with van der Waals surface area (Å²) in [6.07, 6.45) is 2.80. The van der Waals surface area contributed by atoms with Crippen LogP contribution in [0.5, 0.6) is 0 Å². The Kier molecular flexibility index (Phi) is 6.29. The third-order valence-corrected chi connectivity index (χ3v) is 6.60. The van der Waals surface area contributed by atoms with Gasteiger partial charge in [-0.2, -0.15) is 0 Å². The summed E-state index contributed by atoms with van der Waals surface area (Å²) >= 11 is 1.65. The molecule has 1 aromatic carbocycles. The molecule has 5 rings (SSSR count). The van der Waals surface area contributed by atoms with Crippen molar-refractivity contribution in [1.29, 1.82) is 0 Å². The van der Waals surface area contributed by atoms with Crippen LogP contribution in [0.1, 0.15) is 20.9 Å². The Morgan fingerprint density at radius 2 is 1.91 bits per heavy atom. The van der Waals surface area contributed by atoms with Gasteiger partial charge in [-0.1, -0.05) is 36.4 Å². The van der Waals surface area contributed by atoms with Crippen molar-refractivity contribution in [2.75, 3.05) is 39.4 Å². The molecular weight excluding hydrogens is 420 g/mol. The number of carbonyl (C=O) groups excluding carboxylic acids is 1. The van der Waals surface area contributed by atoms with Gasteiger partial charge < -0.3 is 14.5 Å². The maximum Gasteiger partial charge on any atom is 0.253 e. The largest absolute Gasteiger partial charge is 0.379 e. The number of ether oxygens (including phenoxy) is 1. The summed E-state index contributed by atoms with van der Waals surface area (Å²) in [6.45, 7) is 4.83. The van der Waals surface area contributed by atoms with Gasteiger partial charge in [-0.3, -0.25) is 9.69 Å². The molecule has 1 aliphatic rings. The molecule has 1 amide bonds. The number of hydrogen-bond donors (Lipinski definition) is 1. The molecule has 1 aliphatic heterocycles. The molecule has 0 bridgehead atoms. The Hall–Kier alpha value is -3.00. The first-order valence-electron chi connectivity index (χ1n) is 10.9. The van der Waals surface area contributed by atoms with Gasteiger partial charge in [0, 0.05) is 44.2 Å². The van der Waals surface area contributed by atoms with Crippen LogP contribution >= 0.6 is 11.3 Å². The smallest absolute Gasteiger partial charge is 0.253 e. The van der Waals surface area contributed by atoms with Crippen LogP contribution in [0.4, 0.5) is 0 Å². The fourth-order valence-electron chi connectivity index (χ4n) is 4.06. The third kappa shape index (κ3) is 4.60. The predicted molar refractivity (Wildman–Crippen MR) is 127 cm³/mol. The average molecular weight is 447 g/mol. The number of pyridine rings is 1. The summed E-state index contributed by atoms with van der Waals surface area (Å²) in [4.78, 5) is 20.2. The average Bonchev–Trinajstić information content (AvgIpc) is 3.45. The van der Waals surface area contributed by atoms with Gasteiger partial charge in [0.25, 0.3) is 5.91 Å². The molecule has 0 spiro atoms. The summed E-state index contributed by atoms with van der Waals surface area (Å²) in [5, 5.41) is 6.23. The summed E-state index contributed by atoms with van der Waals surface area (Å²) in [6, 6.07) is 18.2. The maximum atomic E-state index is 13.0. The highest BCUT2D eigenvalue weighted by molar-refractivity contribution is 7.10. The molecule has 0 unspecified atom stereocenters. The van der Waals surface area contributed by atoms with Crippen molar-refractivity contribution in [3.8, 4) is 11.4 Å². The number of aromatic nitrogens is 2. The lowest BCUT2D eigenvalue weighted by molar-refractivity contribution is 0.0383. The van der Waals surface area contributed by atoms with Crippen molar-refractivity contribution in [2.45, 2.75) is 6.42 Å². The summed E-state index contributed by atoms with van der Waals surface area (Å²) in [5.41, 5.74) is 4.65. The van der Waals surface area contributed by atoms with E-state index < -0.39 is 0 Å². The number of morpholine rings is 1. The second-order valence-corrected chi connectivity index (χ2v) is 8.84. The Bertz CT molecular complexity index is 1200. The first kappa shape index (κ1) is 20.9. The van der Waals surface area contributed by atoms with Crippen LogP contribution in [0, 0.1) is 0 Å². The Labute approximate surface area is 191 Å². The topological polar surface area (TPSA) is 58.9 Å². The number of rotatable bonds is 7. The number of nitrogens with one attached hydrogen (secondary N) is 1. The highest BCUT2D eigenvalue weighted by Crippen LogP contribution is 2.28. The van der Waals surface area contributed by atoms with Crippen LogP contribution in [-0.4, -0.2) is 59.6 Å². The van der Waals surface area contributed by atoms with Gasteiger partial charge in [-0.15, -0.1) is 11.3 Å².